The van der Waals surface area contributed by atoms with E-state index < -0.39 is 0 Å². The molecule has 4 rings (SSSR count). The Kier molecular flexibility index (Phi) is 7.27. The zero-order valence-corrected chi connectivity index (χ0v) is 21.8. The zero-order chi connectivity index (χ0) is 24.4. The van der Waals surface area contributed by atoms with Crippen molar-refractivity contribution in [3.05, 3.63) is 123 Å². The highest BCUT2D eigenvalue weighted by Crippen LogP contribution is 2.55. The maximum Gasteiger partial charge on any atom is 0.0201 e. The summed E-state index contributed by atoms with van der Waals surface area (Å²) >= 11 is 0. The van der Waals surface area contributed by atoms with Gasteiger partial charge in [0.1, 0.15) is 0 Å². The van der Waals surface area contributed by atoms with E-state index in [1.54, 1.807) is 0 Å². The molecule has 176 valence electrons. The topological polar surface area (TPSA) is 0 Å². The maximum atomic E-state index is 4.69. The molecule has 34 heavy (non-hydrogen) atoms. The molecule has 1 saturated carbocycles. The van der Waals surface area contributed by atoms with Crippen molar-refractivity contribution in [3.8, 4) is 0 Å². The second-order valence-electron chi connectivity index (χ2n) is 10.1. The van der Waals surface area contributed by atoms with Crippen molar-refractivity contribution in [2.24, 2.45) is 5.92 Å². The van der Waals surface area contributed by atoms with Gasteiger partial charge in [-0.05, 0) is 84.1 Å². The van der Waals surface area contributed by atoms with Crippen molar-refractivity contribution < 1.29 is 0 Å². The fraction of sp³-hybridized carbons (Fsp3) is 0.353. The summed E-state index contributed by atoms with van der Waals surface area (Å²) in [6.07, 6.45) is 10.1. The van der Waals surface area contributed by atoms with Crippen LogP contribution in [-0.4, -0.2) is 0 Å². The van der Waals surface area contributed by atoms with Gasteiger partial charge in [0.15, 0.2) is 0 Å². The molecule has 0 amide bonds. The number of fused-ring (bicyclic) bond motifs is 1. The first-order valence-electron chi connectivity index (χ1n) is 13.0. The van der Waals surface area contributed by atoms with Crippen LogP contribution in [0.1, 0.15) is 80.7 Å². The van der Waals surface area contributed by atoms with Gasteiger partial charge in [0, 0.05) is 11.8 Å². The normalized spacial score (nSPS) is 21.1. The Morgan fingerprint density at radius 2 is 1.65 bits per heavy atom. The molecule has 2 aliphatic rings. The van der Waals surface area contributed by atoms with Crippen LogP contribution in [0.15, 0.2) is 95.1 Å². The first-order chi connectivity index (χ1) is 16.4. The van der Waals surface area contributed by atoms with Crippen LogP contribution in [0.25, 0.3) is 6.08 Å². The molecule has 2 aromatic carbocycles. The van der Waals surface area contributed by atoms with Crippen molar-refractivity contribution in [1.29, 1.82) is 0 Å². The number of aryl methyl sites for hydroxylation is 3. The first kappa shape index (κ1) is 24.3. The summed E-state index contributed by atoms with van der Waals surface area (Å²) in [5.74, 6) is 0.618. The Morgan fingerprint density at radius 3 is 2.29 bits per heavy atom. The van der Waals surface area contributed by atoms with Crippen LogP contribution in [0, 0.1) is 12.8 Å². The molecule has 0 heteroatoms. The van der Waals surface area contributed by atoms with Crippen molar-refractivity contribution in [2.75, 3.05) is 0 Å². The second-order valence-corrected chi connectivity index (χ2v) is 10.1. The van der Waals surface area contributed by atoms with Crippen LogP contribution in [0.5, 0.6) is 0 Å². The number of allylic oxidation sites excluding steroid dienone is 7. The molecule has 0 nitrogen and oxygen atoms in total. The maximum absolute atomic E-state index is 4.69. The number of hydrogen-bond acceptors (Lipinski definition) is 0. The van der Waals surface area contributed by atoms with E-state index in [1.807, 2.05) is 0 Å². The van der Waals surface area contributed by atoms with Crippen LogP contribution in [-0.2, 0) is 12.8 Å². The minimum Gasteiger partial charge on any atom is -0.0955 e. The van der Waals surface area contributed by atoms with Gasteiger partial charge in [-0.25, -0.2) is 0 Å². The van der Waals surface area contributed by atoms with E-state index in [0.29, 0.717) is 11.8 Å². The Labute approximate surface area is 207 Å². The third-order valence-electron chi connectivity index (χ3n) is 7.76. The molecule has 0 bridgehead atoms. The zero-order valence-electron chi connectivity index (χ0n) is 21.8. The predicted octanol–water partition coefficient (Wildman–Crippen LogP) is 9.48. The highest BCUT2D eigenvalue weighted by Gasteiger charge is 2.41. The lowest BCUT2D eigenvalue weighted by atomic mass is 9.68. The summed E-state index contributed by atoms with van der Waals surface area (Å²) in [4.78, 5) is 0. The minimum atomic E-state index is 0.298. The largest absolute Gasteiger partial charge is 0.0955 e. The predicted molar refractivity (Wildman–Crippen MR) is 149 cm³/mol. The SMILES string of the molecule is C=C(CCC)C1=C(C)C=C2C/C(=C/c3ccc(C)cc3)C(=C)C2C1c1ccc(CC)c(CC)c1. The average Bonchev–Trinajstić information content (AvgIpc) is 3.13. The average molecular weight is 449 g/mol. The number of hydrogen-bond donors (Lipinski definition) is 0. The summed E-state index contributed by atoms with van der Waals surface area (Å²) < 4.78 is 0. The molecule has 0 aromatic heterocycles. The Balaban J connectivity index is 1.82. The van der Waals surface area contributed by atoms with Gasteiger partial charge in [0.25, 0.3) is 0 Å². The van der Waals surface area contributed by atoms with E-state index >= 15 is 0 Å². The molecule has 0 heterocycles. The van der Waals surface area contributed by atoms with Crippen LogP contribution in [0.3, 0.4) is 0 Å². The highest BCUT2D eigenvalue weighted by atomic mass is 14.4. The van der Waals surface area contributed by atoms with Gasteiger partial charge in [-0.1, -0.05) is 112 Å². The molecule has 2 unspecified atom stereocenters. The number of benzene rings is 2. The smallest absolute Gasteiger partial charge is 0.0201 e. The van der Waals surface area contributed by atoms with Gasteiger partial charge >= 0.3 is 0 Å². The minimum absolute atomic E-state index is 0.298. The molecule has 0 aliphatic heterocycles. The van der Waals surface area contributed by atoms with Gasteiger partial charge in [-0.2, -0.15) is 0 Å². The Hall–Kier alpha value is -2.86. The molecular weight excluding hydrogens is 408 g/mol. The lowest BCUT2D eigenvalue weighted by molar-refractivity contribution is 0.618. The third-order valence-corrected chi connectivity index (χ3v) is 7.76. The van der Waals surface area contributed by atoms with Crippen molar-refractivity contribution in [2.45, 2.75) is 72.6 Å². The van der Waals surface area contributed by atoms with Crippen molar-refractivity contribution in [1.82, 2.24) is 0 Å². The first-order valence-corrected chi connectivity index (χ1v) is 13.0. The Morgan fingerprint density at radius 1 is 0.941 bits per heavy atom. The van der Waals surface area contributed by atoms with Crippen molar-refractivity contribution in [3.63, 3.8) is 0 Å². The fourth-order valence-electron chi connectivity index (χ4n) is 6.01. The summed E-state index contributed by atoms with van der Waals surface area (Å²) in [6.45, 7) is 20.5. The molecule has 1 fully saturated rings. The molecule has 0 spiro atoms. The van der Waals surface area contributed by atoms with E-state index in [2.05, 4.69) is 102 Å². The van der Waals surface area contributed by atoms with E-state index in [4.69, 9.17) is 0 Å². The summed E-state index contributed by atoms with van der Waals surface area (Å²) in [7, 11) is 0. The third kappa shape index (κ3) is 4.56. The van der Waals surface area contributed by atoms with Gasteiger partial charge in [-0.15, -0.1) is 0 Å². The van der Waals surface area contributed by atoms with Gasteiger partial charge < -0.3 is 0 Å². The van der Waals surface area contributed by atoms with E-state index in [9.17, 15) is 0 Å². The molecule has 0 radical (unpaired) electrons. The highest BCUT2D eigenvalue weighted by molar-refractivity contribution is 5.67. The van der Waals surface area contributed by atoms with E-state index in [-0.39, 0.29) is 0 Å². The quantitative estimate of drug-likeness (QED) is 0.395. The molecule has 2 aromatic rings. The lowest BCUT2D eigenvalue weighted by Crippen LogP contribution is -2.21. The van der Waals surface area contributed by atoms with Gasteiger partial charge in [-0.3, -0.25) is 0 Å². The summed E-state index contributed by atoms with van der Waals surface area (Å²) in [5, 5.41) is 0. The van der Waals surface area contributed by atoms with Gasteiger partial charge in [0.05, 0.1) is 0 Å². The van der Waals surface area contributed by atoms with Crippen LogP contribution >= 0.6 is 0 Å². The molecule has 0 N–H and O–H groups in total. The number of rotatable bonds is 7. The van der Waals surface area contributed by atoms with E-state index in [0.717, 1.165) is 32.1 Å². The van der Waals surface area contributed by atoms with Gasteiger partial charge in [0.2, 0.25) is 0 Å². The second kappa shape index (κ2) is 10.2. The Bertz CT molecular complexity index is 1190. The van der Waals surface area contributed by atoms with E-state index in [1.165, 1.54) is 61.3 Å². The molecular formula is C34H40. The standard InChI is InChI=1S/C34H40/c1-8-11-23(5)32-24(6)18-31-21-30(19-26-14-12-22(4)13-15-26)25(7)33(31)34(32)29-17-16-27(9-2)28(10-3)20-29/h12-20,33-34H,5,7-11,21H2,1-4,6H3/b30-19-. The molecule has 2 aliphatic carbocycles. The van der Waals surface area contributed by atoms with Crippen LogP contribution in [0.4, 0.5) is 0 Å². The van der Waals surface area contributed by atoms with Crippen molar-refractivity contribution >= 4 is 6.08 Å². The fourth-order valence-corrected chi connectivity index (χ4v) is 6.01. The molecule has 0 saturated heterocycles. The molecule has 2 atom stereocenters. The van der Waals surface area contributed by atoms with Crippen LogP contribution in [0.2, 0.25) is 0 Å². The lowest BCUT2D eigenvalue weighted by Gasteiger charge is -2.35. The summed E-state index contributed by atoms with van der Waals surface area (Å²) in [6, 6.07) is 16.1. The summed E-state index contributed by atoms with van der Waals surface area (Å²) in [5.41, 5.74) is 15.2. The monoisotopic (exact) mass is 448 g/mol. The van der Waals surface area contributed by atoms with Crippen LogP contribution < -0.4 is 0 Å².